The molecule has 0 radical (unpaired) electrons. The van der Waals surface area contributed by atoms with Gasteiger partial charge >= 0.3 is 0 Å². The Labute approximate surface area is 161 Å². The van der Waals surface area contributed by atoms with Gasteiger partial charge in [0.15, 0.2) is 0 Å². The first-order valence-corrected chi connectivity index (χ1v) is 9.53. The van der Waals surface area contributed by atoms with Gasteiger partial charge < -0.3 is 10.1 Å². The topological polar surface area (TPSA) is 64.1 Å². The minimum absolute atomic E-state index is 0.228. The Morgan fingerprint density at radius 2 is 2.22 bits per heavy atom. The highest BCUT2D eigenvalue weighted by Gasteiger charge is 2.18. The second-order valence-electron chi connectivity index (χ2n) is 6.48. The van der Waals surface area contributed by atoms with Gasteiger partial charge in [-0.1, -0.05) is 13.0 Å². The molecular formula is C21H19N3O2S. The molecule has 1 aliphatic carbocycles. The Morgan fingerprint density at radius 1 is 1.33 bits per heavy atom. The third-order valence-electron chi connectivity index (χ3n) is 4.44. The Bertz CT molecular complexity index is 1010. The van der Waals surface area contributed by atoms with E-state index in [4.69, 9.17) is 9.72 Å². The molecule has 2 aromatic heterocycles. The summed E-state index contributed by atoms with van der Waals surface area (Å²) in [5.41, 5.74) is 3.20. The highest BCUT2D eigenvalue weighted by molar-refractivity contribution is 7.16. The monoisotopic (exact) mass is 377 g/mol. The van der Waals surface area contributed by atoms with E-state index in [1.54, 1.807) is 36.8 Å². The van der Waals surface area contributed by atoms with Crippen molar-refractivity contribution in [1.29, 1.82) is 0 Å². The summed E-state index contributed by atoms with van der Waals surface area (Å²) in [6, 6.07) is 9.19. The normalized spacial score (nSPS) is 15.3. The Balaban J connectivity index is 1.65. The Morgan fingerprint density at radius 3 is 3.00 bits per heavy atom. The first-order valence-electron chi connectivity index (χ1n) is 8.71. The number of methoxy groups -OCH3 is 1. The van der Waals surface area contributed by atoms with Gasteiger partial charge in [0.25, 0.3) is 5.91 Å². The van der Waals surface area contributed by atoms with Crippen molar-refractivity contribution < 1.29 is 9.53 Å². The van der Waals surface area contributed by atoms with Crippen molar-refractivity contribution in [3.05, 3.63) is 64.9 Å². The Hall–Kier alpha value is -2.99. The molecule has 5 nitrogen and oxygen atoms in total. The zero-order valence-corrected chi connectivity index (χ0v) is 15.9. The number of thiazole rings is 1. The van der Waals surface area contributed by atoms with Crippen LogP contribution in [0.3, 0.4) is 0 Å². The van der Waals surface area contributed by atoms with E-state index < -0.39 is 0 Å². The van der Waals surface area contributed by atoms with Gasteiger partial charge in [0.1, 0.15) is 10.8 Å². The fraction of sp³-hybridized carbons (Fsp3) is 0.190. The summed E-state index contributed by atoms with van der Waals surface area (Å²) >= 11 is 1.67. The number of allylic oxidation sites excluding steroid dienone is 1. The Kier molecular flexibility index (Phi) is 4.73. The van der Waals surface area contributed by atoms with E-state index in [9.17, 15) is 4.79 Å². The zero-order valence-electron chi connectivity index (χ0n) is 15.1. The molecule has 0 saturated heterocycles. The maximum Gasteiger partial charge on any atom is 0.257 e. The predicted octanol–water partition coefficient (Wildman–Crippen LogP) is 4.67. The van der Waals surface area contributed by atoms with Crippen LogP contribution in [0.15, 0.2) is 48.8 Å². The number of nitrogens with one attached hydrogen (secondary N) is 1. The van der Waals surface area contributed by atoms with Crippen LogP contribution >= 0.6 is 11.3 Å². The number of amides is 1. The van der Waals surface area contributed by atoms with Crippen LogP contribution in [0.5, 0.6) is 5.75 Å². The van der Waals surface area contributed by atoms with E-state index in [-0.39, 0.29) is 5.91 Å². The molecule has 0 spiro atoms. The molecule has 0 fully saturated rings. The number of hydrogen-bond acceptors (Lipinski definition) is 5. The number of ether oxygens (including phenoxy) is 1. The molecule has 4 rings (SSSR count). The number of aromatic nitrogens is 2. The second kappa shape index (κ2) is 7.32. The number of fused-ring (bicyclic) bond motifs is 1. The van der Waals surface area contributed by atoms with Gasteiger partial charge in [-0.3, -0.25) is 9.78 Å². The summed E-state index contributed by atoms with van der Waals surface area (Å²) in [6.45, 7) is 2.19. The van der Waals surface area contributed by atoms with Crippen molar-refractivity contribution in [3.63, 3.8) is 0 Å². The van der Waals surface area contributed by atoms with Gasteiger partial charge in [0.2, 0.25) is 0 Å². The van der Waals surface area contributed by atoms with E-state index in [0.717, 1.165) is 22.7 Å². The third kappa shape index (κ3) is 3.61. The van der Waals surface area contributed by atoms with Gasteiger partial charge in [-0.2, -0.15) is 0 Å². The molecule has 1 aliphatic rings. The lowest BCUT2D eigenvalue weighted by molar-refractivity contribution is 0.102. The van der Waals surface area contributed by atoms with Crippen molar-refractivity contribution in [2.75, 3.05) is 12.4 Å². The summed E-state index contributed by atoms with van der Waals surface area (Å²) in [5, 5.41) is 3.86. The second-order valence-corrected chi connectivity index (χ2v) is 7.51. The number of rotatable bonds is 4. The standard InChI is InChI=1S/C21H19N3O2S/c1-13-5-8-19-17(10-13)24-21(27-19)14-6-7-18(26-2)16(11-14)23-20(25)15-4-3-9-22-12-15/h3-9,11-13H,10H2,1-2H3,(H,23,25). The van der Waals surface area contributed by atoms with Gasteiger partial charge in [0, 0.05) is 18.0 Å². The van der Waals surface area contributed by atoms with Crippen LogP contribution in [0.2, 0.25) is 0 Å². The van der Waals surface area contributed by atoms with E-state index in [0.29, 0.717) is 22.9 Å². The summed E-state index contributed by atoms with van der Waals surface area (Å²) in [4.78, 5) is 22.5. The number of carbonyl (C=O) groups is 1. The van der Waals surface area contributed by atoms with Gasteiger partial charge in [-0.15, -0.1) is 11.3 Å². The summed E-state index contributed by atoms with van der Waals surface area (Å²) < 4.78 is 5.41. The fourth-order valence-electron chi connectivity index (χ4n) is 3.02. The lowest BCUT2D eigenvalue weighted by Crippen LogP contribution is -2.12. The lowest BCUT2D eigenvalue weighted by atomic mass is 10.00. The number of hydrogen-bond donors (Lipinski definition) is 1. The smallest absolute Gasteiger partial charge is 0.257 e. The summed E-state index contributed by atoms with van der Waals surface area (Å²) in [6.07, 6.45) is 8.51. The van der Waals surface area contributed by atoms with E-state index in [1.807, 2.05) is 18.2 Å². The van der Waals surface area contributed by atoms with Crippen LogP contribution in [0, 0.1) is 5.92 Å². The average molecular weight is 377 g/mol. The maximum absolute atomic E-state index is 12.5. The van der Waals surface area contributed by atoms with Crippen LogP contribution in [0.1, 0.15) is 27.9 Å². The molecular weight excluding hydrogens is 358 g/mol. The third-order valence-corrected chi connectivity index (χ3v) is 5.55. The molecule has 27 heavy (non-hydrogen) atoms. The number of nitrogens with zero attached hydrogens (tertiary/aromatic N) is 2. The fourth-order valence-corrected chi connectivity index (χ4v) is 4.02. The quantitative estimate of drug-likeness (QED) is 0.717. The molecule has 0 aliphatic heterocycles. The average Bonchev–Trinajstić information content (AvgIpc) is 3.11. The molecule has 6 heteroatoms. The minimum atomic E-state index is -0.228. The van der Waals surface area contributed by atoms with Crippen LogP contribution in [0.4, 0.5) is 5.69 Å². The van der Waals surface area contributed by atoms with Crippen LogP contribution in [-0.4, -0.2) is 23.0 Å². The molecule has 136 valence electrons. The molecule has 1 unspecified atom stereocenters. The first-order chi connectivity index (χ1) is 13.1. The molecule has 1 N–H and O–H groups in total. The van der Waals surface area contributed by atoms with Crippen molar-refractivity contribution >= 4 is 29.0 Å². The van der Waals surface area contributed by atoms with Crippen molar-refractivity contribution in [2.24, 2.45) is 5.92 Å². The summed E-state index contributed by atoms with van der Waals surface area (Å²) in [7, 11) is 1.59. The maximum atomic E-state index is 12.5. The van der Waals surface area contributed by atoms with Gasteiger partial charge in [-0.05, 0) is 48.7 Å². The van der Waals surface area contributed by atoms with Gasteiger partial charge in [0.05, 0.1) is 28.9 Å². The molecule has 1 aromatic carbocycles. The highest BCUT2D eigenvalue weighted by atomic mass is 32.1. The summed E-state index contributed by atoms with van der Waals surface area (Å²) in [5.74, 6) is 0.886. The van der Waals surface area contributed by atoms with Crippen molar-refractivity contribution in [1.82, 2.24) is 9.97 Å². The highest BCUT2D eigenvalue weighted by Crippen LogP contribution is 2.36. The number of benzene rings is 1. The minimum Gasteiger partial charge on any atom is -0.495 e. The first kappa shape index (κ1) is 17.4. The molecule has 0 bridgehead atoms. The molecule has 3 aromatic rings. The van der Waals surface area contributed by atoms with Crippen LogP contribution in [0.25, 0.3) is 16.6 Å². The number of anilines is 1. The van der Waals surface area contributed by atoms with E-state index in [1.165, 1.54) is 11.1 Å². The molecule has 1 amide bonds. The molecule has 2 heterocycles. The number of pyridine rings is 1. The van der Waals surface area contributed by atoms with Gasteiger partial charge in [-0.25, -0.2) is 4.98 Å². The zero-order chi connectivity index (χ0) is 18.8. The number of carbonyl (C=O) groups excluding carboxylic acids is 1. The SMILES string of the molecule is COc1ccc(-c2nc3c(s2)C=CC(C)C3)cc1NC(=O)c1cccnc1. The van der Waals surface area contributed by atoms with E-state index in [2.05, 4.69) is 29.4 Å². The van der Waals surface area contributed by atoms with E-state index >= 15 is 0 Å². The predicted molar refractivity (Wildman–Crippen MR) is 108 cm³/mol. The van der Waals surface area contributed by atoms with Crippen molar-refractivity contribution in [2.45, 2.75) is 13.3 Å². The van der Waals surface area contributed by atoms with Crippen LogP contribution < -0.4 is 10.1 Å². The molecule has 1 atom stereocenters. The lowest BCUT2D eigenvalue weighted by Gasteiger charge is -2.11. The van der Waals surface area contributed by atoms with Crippen molar-refractivity contribution in [3.8, 4) is 16.3 Å². The largest absolute Gasteiger partial charge is 0.495 e. The van der Waals surface area contributed by atoms with Crippen LogP contribution in [-0.2, 0) is 6.42 Å². The molecule has 0 saturated carbocycles.